The predicted octanol–water partition coefficient (Wildman–Crippen LogP) is 4.19. The van der Waals surface area contributed by atoms with Crippen LogP contribution in [0.3, 0.4) is 0 Å². The van der Waals surface area contributed by atoms with Gasteiger partial charge >= 0.3 is 0 Å². The molecule has 182 valence electrons. The minimum Gasteiger partial charge on any atom is -0.494 e. The van der Waals surface area contributed by atoms with Crippen molar-refractivity contribution < 1.29 is 18.7 Å². The zero-order valence-corrected chi connectivity index (χ0v) is 19.7. The highest BCUT2D eigenvalue weighted by Crippen LogP contribution is 2.36. The molecule has 3 heterocycles. The molecule has 0 amide bonds. The van der Waals surface area contributed by atoms with Crippen LogP contribution in [0.15, 0.2) is 46.5 Å². The van der Waals surface area contributed by atoms with E-state index in [2.05, 4.69) is 25.8 Å². The fourth-order valence-electron chi connectivity index (χ4n) is 4.20. The fourth-order valence-corrected chi connectivity index (χ4v) is 4.20. The van der Waals surface area contributed by atoms with Crippen molar-refractivity contribution in [2.24, 2.45) is 10.1 Å². The molecule has 34 heavy (non-hydrogen) atoms. The normalized spacial score (nSPS) is 16.6. The molecule has 0 unspecified atom stereocenters. The van der Waals surface area contributed by atoms with Crippen LogP contribution in [0.4, 0.5) is 14.5 Å². The molecule has 1 aromatic heterocycles. The molecule has 5 rings (SSSR count). The number of nitrogens with zero attached hydrogens (tertiary/aromatic N) is 2. The van der Waals surface area contributed by atoms with Crippen LogP contribution in [0.5, 0.6) is 5.88 Å². The molecule has 2 aliphatic rings. The van der Waals surface area contributed by atoms with Crippen LogP contribution in [0.25, 0.3) is 10.9 Å². The van der Waals surface area contributed by atoms with Crippen molar-refractivity contribution in [1.29, 1.82) is 0 Å². The second-order valence-electron chi connectivity index (χ2n) is 7.91. The SMILES string of the molecule is Cl.Cl.Oc1[nH]c2ccc(F)cc2c1C1=Nc2ccc(F)cc2/C1=N\OCCNC1CCNCC1. The standard InChI is InChI=1S/C23H23F2N5O2.2ClH/c24-13-1-3-18-16(11-13)20(23(31)29-18)22-21(17-12-14(25)2-4-19(17)28-22)30-32-10-9-27-15-5-7-26-8-6-15;;/h1-4,11-12,15,26-27,29,31H,5-10H2;2*1H/b30-21+;;. The molecule has 0 atom stereocenters. The number of piperidine rings is 1. The van der Waals surface area contributed by atoms with E-state index in [1.54, 1.807) is 6.07 Å². The van der Waals surface area contributed by atoms with Crippen molar-refractivity contribution in [3.05, 3.63) is 59.2 Å². The van der Waals surface area contributed by atoms with Crippen LogP contribution < -0.4 is 10.6 Å². The van der Waals surface area contributed by atoms with E-state index in [0.717, 1.165) is 25.9 Å². The van der Waals surface area contributed by atoms with E-state index in [1.807, 2.05) is 0 Å². The van der Waals surface area contributed by atoms with Gasteiger partial charge in [-0.15, -0.1) is 24.8 Å². The van der Waals surface area contributed by atoms with E-state index in [-0.39, 0.29) is 30.7 Å². The smallest absolute Gasteiger partial charge is 0.199 e. The van der Waals surface area contributed by atoms with Crippen LogP contribution in [0.2, 0.25) is 0 Å². The first-order valence-corrected chi connectivity index (χ1v) is 10.6. The van der Waals surface area contributed by atoms with E-state index in [4.69, 9.17) is 4.84 Å². The lowest BCUT2D eigenvalue weighted by Crippen LogP contribution is -2.41. The maximum Gasteiger partial charge on any atom is 0.199 e. The molecule has 2 aliphatic heterocycles. The number of halogens is 4. The number of benzene rings is 2. The summed E-state index contributed by atoms with van der Waals surface area (Å²) in [7, 11) is 0. The average Bonchev–Trinajstić information content (AvgIpc) is 3.30. The zero-order valence-electron chi connectivity index (χ0n) is 18.1. The summed E-state index contributed by atoms with van der Waals surface area (Å²) in [4.78, 5) is 12.9. The Morgan fingerprint density at radius 1 is 1.09 bits per heavy atom. The Labute approximate surface area is 207 Å². The Kier molecular flexibility index (Phi) is 8.48. The van der Waals surface area contributed by atoms with Gasteiger partial charge in [-0.25, -0.2) is 13.8 Å². The predicted molar refractivity (Wildman–Crippen MR) is 133 cm³/mol. The number of hydrogen-bond donors (Lipinski definition) is 4. The molecule has 1 fully saturated rings. The largest absolute Gasteiger partial charge is 0.494 e. The summed E-state index contributed by atoms with van der Waals surface area (Å²) in [6.07, 6.45) is 2.13. The molecular formula is C23H25Cl2F2N5O2. The Bertz CT molecular complexity index is 1230. The Morgan fingerprint density at radius 2 is 1.82 bits per heavy atom. The number of nitrogens with one attached hydrogen (secondary N) is 3. The third-order valence-corrected chi connectivity index (χ3v) is 5.77. The lowest BCUT2D eigenvalue weighted by Gasteiger charge is -2.23. The van der Waals surface area contributed by atoms with E-state index in [9.17, 15) is 13.9 Å². The fraction of sp³-hybridized carbons (Fsp3) is 0.304. The summed E-state index contributed by atoms with van der Waals surface area (Å²) in [5.41, 5.74) is 2.40. The number of hydrogen-bond acceptors (Lipinski definition) is 6. The van der Waals surface area contributed by atoms with Gasteiger partial charge in [0.25, 0.3) is 0 Å². The van der Waals surface area contributed by atoms with E-state index >= 15 is 0 Å². The van der Waals surface area contributed by atoms with Gasteiger partial charge in [0.2, 0.25) is 0 Å². The van der Waals surface area contributed by atoms with Crippen molar-refractivity contribution in [2.45, 2.75) is 18.9 Å². The summed E-state index contributed by atoms with van der Waals surface area (Å²) in [6, 6.07) is 8.78. The third kappa shape index (κ3) is 5.17. The third-order valence-electron chi connectivity index (χ3n) is 5.77. The lowest BCUT2D eigenvalue weighted by molar-refractivity contribution is 0.143. The first-order valence-electron chi connectivity index (χ1n) is 10.6. The van der Waals surface area contributed by atoms with Crippen LogP contribution in [-0.4, -0.2) is 53.8 Å². The quantitative estimate of drug-likeness (QED) is 0.294. The molecular weight excluding hydrogens is 487 g/mol. The second-order valence-corrected chi connectivity index (χ2v) is 7.91. The molecule has 0 saturated carbocycles. The van der Waals surface area contributed by atoms with Gasteiger partial charge in [0, 0.05) is 29.1 Å². The van der Waals surface area contributed by atoms with E-state index < -0.39 is 11.6 Å². The number of rotatable bonds is 6. The summed E-state index contributed by atoms with van der Waals surface area (Å²) < 4.78 is 27.9. The maximum atomic E-state index is 14.0. The van der Waals surface area contributed by atoms with Gasteiger partial charge in [-0.2, -0.15) is 0 Å². The number of fused-ring (bicyclic) bond motifs is 2. The molecule has 4 N–H and O–H groups in total. The average molecular weight is 512 g/mol. The Balaban J connectivity index is 0.00000162. The summed E-state index contributed by atoms with van der Waals surface area (Å²) in [6.45, 7) is 2.93. The minimum absolute atomic E-state index is 0. The van der Waals surface area contributed by atoms with Gasteiger partial charge in [-0.1, -0.05) is 5.16 Å². The van der Waals surface area contributed by atoms with Crippen molar-refractivity contribution in [2.75, 3.05) is 26.2 Å². The summed E-state index contributed by atoms with van der Waals surface area (Å²) >= 11 is 0. The van der Waals surface area contributed by atoms with Gasteiger partial charge in [0.1, 0.15) is 29.7 Å². The highest BCUT2D eigenvalue weighted by molar-refractivity contribution is 6.58. The lowest BCUT2D eigenvalue weighted by atomic mass is 10.0. The van der Waals surface area contributed by atoms with Crippen molar-refractivity contribution in [3.63, 3.8) is 0 Å². The molecule has 0 aliphatic carbocycles. The topological polar surface area (TPSA) is 94.0 Å². The maximum absolute atomic E-state index is 14.0. The number of aromatic nitrogens is 1. The number of aromatic hydroxyl groups is 1. The number of oxime groups is 1. The van der Waals surface area contributed by atoms with Crippen LogP contribution in [-0.2, 0) is 4.84 Å². The Hall–Kier alpha value is -2.72. The number of aliphatic imine (C=N–C) groups is 1. The van der Waals surface area contributed by atoms with Crippen molar-refractivity contribution in [1.82, 2.24) is 15.6 Å². The monoisotopic (exact) mass is 511 g/mol. The van der Waals surface area contributed by atoms with Crippen LogP contribution in [0, 0.1) is 11.6 Å². The van der Waals surface area contributed by atoms with Crippen molar-refractivity contribution in [3.8, 4) is 5.88 Å². The summed E-state index contributed by atoms with van der Waals surface area (Å²) in [5.74, 6) is -1.05. The summed E-state index contributed by atoms with van der Waals surface area (Å²) in [5, 5.41) is 22.0. The Morgan fingerprint density at radius 3 is 2.62 bits per heavy atom. The van der Waals surface area contributed by atoms with Gasteiger partial charge in [0.15, 0.2) is 5.88 Å². The molecule has 7 nitrogen and oxygen atoms in total. The van der Waals surface area contributed by atoms with Crippen LogP contribution in [0.1, 0.15) is 24.0 Å². The highest BCUT2D eigenvalue weighted by Gasteiger charge is 2.30. The van der Waals surface area contributed by atoms with Crippen LogP contribution >= 0.6 is 24.8 Å². The van der Waals surface area contributed by atoms with E-state index in [0.29, 0.717) is 58.3 Å². The van der Waals surface area contributed by atoms with Crippen molar-refractivity contribution >= 4 is 52.8 Å². The minimum atomic E-state index is -0.446. The molecule has 1 saturated heterocycles. The van der Waals surface area contributed by atoms with Gasteiger partial charge in [-0.05, 0) is 62.3 Å². The van der Waals surface area contributed by atoms with E-state index in [1.165, 1.54) is 30.3 Å². The number of H-pyrrole nitrogens is 1. The molecule has 3 aromatic rings. The molecule has 0 radical (unpaired) electrons. The molecule has 0 bridgehead atoms. The zero-order chi connectivity index (χ0) is 22.1. The molecule has 2 aromatic carbocycles. The molecule has 11 heteroatoms. The van der Waals surface area contributed by atoms with Gasteiger partial charge < -0.3 is 25.6 Å². The second kappa shape index (κ2) is 11.1. The van der Waals surface area contributed by atoms with Gasteiger partial charge in [-0.3, -0.25) is 0 Å². The molecule has 0 spiro atoms. The first-order chi connectivity index (χ1) is 15.6. The highest BCUT2D eigenvalue weighted by atomic mass is 35.5. The number of aromatic amines is 1. The van der Waals surface area contributed by atoms with Gasteiger partial charge in [0.05, 0.1) is 11.3 Å². The first kappa shape index (κ1) is 25.9.